The Morgan fingerprint density at radius 3 is 2.96 bits per heavy atom. The van der Waals surface area contributed by atoms with Gasteiger partial charge in [0.05, 0.1) is 24.0 Å². The Morgan fingerprint density at radius 1 is 1.44 bits per heavy atom. The number of hydrogen-bond acceptors (Lipinski definition) is 4. The molecule has 0 aliphatic carbocycles. The third kappa shape index (κ3) is 4.57. The summed E-state index contributed by atoms with van der Waals surface area (Å²) in [5, 5.41) is 10.1. The molecule has 7 heteroatoms. The molecule has 1 saturated heterocycles. The van der Waals surface area contributed by atoms with Crippen LogP contribution in [0.5, 0.6) is 0 Å². The number of nitrogens with zero attached hydrogens (tertiary/aromatic N) is 3. The van der Waals surface area contributed by atoms with Crippen molar-refractivity contribution in [3.63, 3.8) is 0 Å². The fourth-order valence-corrected chi connectivity index (χ4v) is 3.05. The number of nitrogens with one attached hydrogen (secondary N) is 2. The molecule has 1 aliphatic heterocycles. The van der Waals surface area contributed by atoms with Gasteiger partial charge < -0.3 is 15.0 Å². The summed E-state index contributed by atoms with van der Waals surface area (Å²) in [6.45, 7) is 6.17. The Kier molecular flexibility index (Phi) is 5.65. The molecule has 1 fully saturated rings. The van der Waals surface area contributed by atoms with E-state index in [9.17, 15) is 4.79 Å². The third-order valence-corrected chi connectivity index (χ3v) is 4.51. The first-order valence-electron chi connectivity index (χ1n) is 8.68. The van der Waals surface area contributed by atoms with Crippen LogP contribution in [0.25, 0.3) is 0 Å². The number of H-pyrrole nitrogens is 1. The summed E-state index contributed by atoms with van der Waals surface area (Å²) in [5.41, 5.74) is 3.79. The first-order valence-corrected chi connectivity index (χ1v) is 8.68. The van der Waals surface area contributed by atoms with E-state index in [1.807, 2.05) is 32.0 Å². The van der Waals surface area contributed by atoms with Gasteiger partial charge in [0, 0.05) is 37.2 Å². The lowest BCUT2D eigenvalue weighted by Gasteiger charge is -2.25. The van der Waals surface area contributed by atoms with E-state index in [1.54, 1.807) is 11.1 Å². The number of carbonyl (C=O) groups is 1. The minimum absolute atomic E-state index is 0.104. The molecule has 2 aromatic rings. The Bertz CT molecular complexity index is 675. The Morgan fingerprint density at radius 2 is 2.32 bits per heavy atom. The minimum atomic E-state index is -0.110. The van der Waals surface area contributed by atoms with E-state index < -0.39 is 0 Å². The Labute approximate surface area is 147 Å². The van der Waals surface area contributed by atoms with Crippen LogP contribution in [0, 0.1) is 13.8 Å². The van der Waals surface area contributed by atoms with Crippen LogP contribution in [0.4, 0.5) is 4.79 Å². The molecule has 1 atom stereocenters. The van der Waals surface area contributed by atoms with E-state index in [0.717, 1.165) is 42.1 Å². The minimum Gasteiger partial charge on any atom is -0.376 e. The monoisotopic (exact) mass is 343 g/mol. The van der Waals surface area contributed by atoms with E-state index in [4.69, 9.17) is 4.74 Å². The van der Waals surface area contributed by atoms with Gasteiger partial charge >= 0.3 is 6.03 Å². The molecule has 134 valence electrons. The molecule has 25 heavy (non-hydrogen) atoms. The predicted molar refractivity (Wildman–Crippen MR) is 93.9 cm³/mol. The number of carbonyl (C=O) groups excluding carboxylic acids is 1. The van der Waals surface area contributed by atoms with Gasteiger partial charge in [0.25, 0.3) is 0 Å². The van der Waals surface area contributed by atoms with Crippen molar-refractivity contribution in [3.05, 3.63) is 47.0 Å². The zero-order valence-corrected chi connectivity index (χ0v) is 14.8. The van der Waals surface area contributed by atoms with Crippen LogP contribution < -0.4 is 5.32 Å². The van der Waals surface area contributed by atoms with Crippen molar-refractivity contribution < 1.29 is 9.53 Å². The van der Waals surface area contributed by atoms with E-state index in [-0.39, 0.29) is 12.1 Å². The molecule has 1 aliphatic rings. The van der Waals surface area contributed by atoms with E-state index in [1.165, 1.54) is 0 Å². The number of pyridine rings is 1. The summed E-state index contributed by atoms with van der Waals surface area (Å²) in [4.78, 5) is 18.9. The number of urea groups is 1. The third-order valence-electron chi connectivity index (χ3n) is 4.51. The van der Waals surface area contributed by atoms with Crippen molar-refractivity contribution in [2.45, 2.75) is 45.9 Å². The van der Waals surface area contributed by atoms with Gasteiger partial charge in [0.2, 0.25) is 0 Å². The maximum absolute atomic E-state index is 12.8. The van der Waals surface area contributed by atoms with Crippen LogP contribution in [0.1, 0.15) is 35.5 Å². The van der Waals surface area contributed by atoms with Crippen molar-refractivity contribution in [2.75, 3.05) is 13.2 Å². The molecule has 2 amide bonds. The van der Waals surface area contributed by atoms with Crippen LogP contribution in [-0.2, 0) is 17.8 Å². The average Bonchev–Trinajstić information content (AvgIpc) is 3.24. The molecular weight excluding hydrogens is 318 g/mol. The quantitative estimate of drug-likeness (QED) is 0.843. The molecule has 1 unspecified atom stereocenters. The highest BCUT2D eigenvalue weighted by atomic mass is 16.5. The van der Waals surface area contributed by atoms with Gasteiger partial charge in [-0.3, -0.25) is 10.1 Å². The molecule has 2 aromatic heterocycles. The SMILES string of the molecule is Cc1n[nH]c(C)c1CNC(=O)N(Cc1ccccn1)CC1CCCO1. The number of hydrogen-bond donors (Lipinski definition) is 2. The molecule has 0 radical (unpaired) electrons. The van der Waals surface area contributed by atoms with Gasteiger partial charge in [0.1, 0.15) is 0 Å². The molecule has 0 spiro atoms. The molecular formula is C18H25N5O2. The first kappa shape index (κ1) is 17.4. The summed E-state index contributed by atoms with van der Waals surface area (Å²) in [6, 6.07) is 5.63. The number of aromatic nitrogens is 3. The van der Waals surface area contributed by atoms with Crippen LogP contribution >= 0.6 is 0 Å². The van der Waals surface area contributed by atoms with Crippen LogP contribution in [-0.4, -0.2) is 45.4 Å². The zero-order valence-electron chi connectivity index (χ0n) is 14.8. The van der Waals surface area contributed by atoms with Crippen molar-refractivity contribution in [1.29, 1.82) is 0 Å². The Hall–Kier alpha value is -2.41. The number of ether oxygens (including phenoxy) is 1. The van der Waals surface area contributed by atoms with E-state index in [2.05, 4.69) is 20.5 Å². The predicted octanol–water partition coefficient (Wildman–Crippen LogP) is 2.31. The summed E-state index contributed by atoms with van der Waals surface area (Å²) in [5.74, 6) is 0. The largest absolute Gasteiger partial charge is 0.376 e. The first-order chi connectivity index (χ1) is 12.1. The van der Waals surface area contributed by atoms with E-state index in [0.29, 0.717) is 19.6 Å². The van der Waals surface area contributed by atoms with E-state index >= 15 is 0 Å². The van der Waals surface area contributed by atoms with Crippen LogP contribution in [0.2, 0.25) is 0 Å². The van der Waals surface area contributed by atoms with Crippen LogP contribution in [0.15, 0.2) is 24.4 Å². The maximum atomic E-state index is 12.8. The summed E-state index contributed by atoms with van der Waals surface area (Å²) < 4.78 is 5.70. The lowest BCUT2D eigenvalue weighted by Crippen LogP contribution is -2.43. The lowest BCUT2D eigenvalue weighted by atomic mass is 10.2. The summed E-state index contributed by atoms with van der Waals surface area (Å²) >= 11 is 0. The topological polar surface area (TPSA) is 83.1 Å². The van der Waals surface area contributed by atoms with Gasteiger partial charge in [-0.05, 0) is 38.8 Å². The molecule has 7 nitrogen and oxygen atoms in total. The number of aromatic amines is 1. The molecule has 0 aromatic carbocycles. The zero-order chi connectivity index (χ0) is 17.6. The smallest absolute Gasteiger partial charge is 0.318 e. The maximum Gasteiger partial charge on any atom is 0.318 e. The highest BCUT2D eigenvalue weighted by Crippen LogP contribution is 2.15. The highest BCUT2D eigenvalue weighted by molar-refractivity contribution is 5.74. The number of amides is 2. The summed E-state index contributed by atoms with van der Waals surface area (Å²) in [7, 11) is 0. The second kappa shape index (κ2) is 8.11. The van der Waals surface area contributed by atoms with Crippen LogP contribution in [0.3, 0.4) is 0 Å². The second-order valence-electron chi connectivity index (χ2n) is 6.41. The molecule has 3 heterocycles. The Balaban J connectivity index is 1.65. The van der Waals surface area contributed by atoms with Crippen molar-refractivity contribution in [1.82, 2.24) is 25.4 Å². The van der Waals surface area contributed by atoms with Crippen molar-refractivity contribution in [2.24, 2.45) is 0 Å². The van der Waals surface area contributed by atoms with Gasteiger partial charge in [-0.15, -0.1) is 0 Å². The molecule has 2 N–H and O–H groups in total. The standard InChI is InChI=1S/C18H25N5O2/c1-13-17(14(2)22-21-13)10-20-18(24)23(12-16-7-5-9-25-16)11-15-6-3-4-8-19-15/h3-4,6,8,16H,5,7,9-12H2,1-2H3,(H,20,24)(H,21,22). The molecule has 0 saturated carbocycles. The molecule has 3 rings (SSSR count). The number of aryl methyl sites for hydroxylation is 2. The highest BCUT2D eigenvalue weighted by Gasteiger charge is 2.23. The van der Waals surface area contributed by atoms with Gasteiger partial charge in [-0.25, -0.2) is 4.79 Å². The summed E-state index contributed by atoms with van der Waals surface area (Å²) in [6.07, 6.45) is 3.89. The van der Waals surface area contributed by atoms with Gasteiger partial charge in [-0.2, -0.15) is 5.10 Å². The normalized spacial score (nSPS) is 16.8. The lowest BCUT2D eigenvalue weighted by molar-refractivity contribution is 0.0791. The fraction of sp³-hybridized carbons (Fsp3) is 0.500. The number of rotatable bonds is 6. The average molecular weight is 343 g/mol. The molecule has 0 bridgehead atoms. The fourth-order valence-electron chi connectivity index (χ4n) is 3.05. The van der Waals surface area contributed by atoms with Crippen molar-refractivity contribution in [3.8, 4) is 0 Å². The van der Waals surface area contributed by atoms with Crippen molar-refractivity contribution >= 4 is 6.03 Å². The van der Waals surface area contributed by atoms with Gasteiger partial charge in [-0.1, -0.05) is 6.07 Å². The second-order valence-corrected chi connectivity index (χ2v) is 6.41. The van der Waals surface area contributed by atoms with Gasteiger partial charge in [0.15, 0.2) is 0 Å².